The molecule has 0 aliphatic carbocycles. The van der Waals surface area contributed by atoms with Crippen LogP contribution in [0, 0.1) is 0 Å². The molecule has 0 saturated carbocycles. The second-order valence-corrected chi connectivity index (χ2v) is 8.35. The quantitative estimate of drug-likeness (QED) is 0.742. The van der Waals surface area contributed by atoms with Gasteiger partial charge in [0.25, 0.3) is 5.91 Å². The fraction of sp³-hybridized carbons (Fsp3) is 0.273. The monoisotopic (exact) mass is 392 g/mol. The number of benzene rings is 1. The van der Waals surface area contributed by atoms with E-state index in [0.717, 1.165) is 35.9 Å². The van der Waals surface area contributed by atoms with Gasteiger partial charge in [0.2, 0.25) is 0 Å². The predicted octanol–water partition coefficient (Wildman–Crippen LogP) is 2.66. The summed E-state index contributed by atoms with van der Waals surface area (Å²) in [5.41, 5.74) is 3.61. The van der Waals surface area contributed by atoms with E-state index < -0.39 is 0 Å². The van der Waals surface area contributed by atoms with Crippen LogP contribution in [0.5, 0.6) is 0 Å². The van der Waals surface area contributed by atoms with Crippen LogP contribution in [0.25, 0.3) is 0 Å². The summed E-state index contributed by atoms with van der Waals surface area (Å²) in [5, 5.41) is 8.42. The van der Waals surface area contributed by atoms with Gasteiger partial charge < -0.3 is 9.32 Å². The lowest BCUT2D eigenvalue weighted by atomic mass is 10.00. The second-order valence-electron chi connectivity index (χ2n) is 7.37. The van der Waals surface area contributed by atoms with Crippen LogP contribution < -0.4 is 4.90 Å². The molecule has 5 nitrogen and oxygen atoms in total. The fourth-order valence-electron chi connectivity index (χ4n) is 4.12. The number of hydrogen-bond acceptors (Lipinski definition) is 4. The number of fused-ring (bicyclic) bond motifs is 1. The summed E-state index contributed by atoms with van der Waals surface area (Å²) in [5.74, 6) is 0.824. The third-order valence-corrected chi connectivity index (χ3v) is 6.52. The maximum Gasteiger partial charge on any atom is 0.298 e. The van der Waals surface area contributed by atoms with Crippen molar-refractivity contribution < 1.29 is 14.1 Å². The predicted molar refractivity (Wildman–Crippen MR) is 108 cm³/mol. The Kier molecular flexibility index (Phi) is 4.58. The van der Waals surface area contributed by atoms with Crippen LogP contribution in [-0.4, -0.2) is 29.7 Å². The molecule has 142 valence electrons. The minimum atomic E-state index is -0.0379. The lowest BCUT2D eigenvalue weighted by Gasteiger charge is -2.27. The third-order valence-electron chi connectivity index (χ3n) is 5.55. The normalized spacial score (nSPS) is 21.4. The Hall–Kier alpha value is -2.70. The number of carbonyl (C=O) groups excluding carboxylic acids is 1. The average Bonchev–Trinajstić information content (AvgIpc) is 3.48. The zero-order valence-corrected chi connectivity index (χ0v) is 16.3. The number of thiophene rings is 1. The molecule has 3 aromatic rings. The molecule has 2 aromatic heterocycles. The molecule has 5 rings (SSSR count). The van der Waals surface area contributed by atoms with Gasteiger partial charge in [-0.25, -0.2) is 5.01 Å². The number of quaternary nitrogens is 1. The molecular formula is C22H22N3O2S+. The highest BCUT2D eigenvalue weighted by Crippen LogP contribution is 2.35. The highest BCUT2D eigenvalue weighted by Gasteiger charge is 2.36. The van der Waals surface area contributed by atoms with Crippen molar-refractivity contribution in [2.45, 2.75) is 25.4 Å². The Bertz CT molecular complexity index is 995. The van der Waals surface area contributed by atoms with Gasteiger partial charge in [-0.2, -0.15) is 5.10 Å². The number of amides is 1. The van der Waals surface area contributed by atoms with E-state index in [2.05, 4.69) is 40.8 Å². The van der Waals surface area contributed by atoms with Crippen LogP contribution in [-0.2, 0) is 17.8 Å². The fourth-order valence-corrected chi connectivity index (χ4v) is 4.93. The number of hydrogen-bond donors (Lipinski definition) is 1. The summed E-state index contributed by atoms with van der Waals surface area (Å²) in [6, 6.07) is 16.4. The molecule has 0 spiro atoms. The first-order valence-corrected chi connectivity index (χ1v) is 10.5. The molecule has 2 aliphatic rings. The number of hydrazone groups is 1. The smallest absolute Gasteiger partial charge is 0.298 e. The van der Waals surface area contributed by atoms with E-state index in [4.69, 9.17) is 4.42 Å². The molecule has 4 heterocycles. The molecular weight excluding hydrogens is 370 g/mol. The molecule has 1 aromatic carbocycles. The molecule has 0 radical (unpaired) electrons. The summed E-state index contributed by atoms with van der Waals surface area (Å²) in [4.78, 5) is 15.7. The van der Waals surface area contributed by atoms with Gasteiger partial charge in [0.05, 0.1) is 18.8 Å². The van der Waals surface area contributed by atoms with Crippen LogP contribution in [0.2, 0.25) is 0 Å². The standard InChI is InChI=1S/C22H21N3O2S/c26-22(15-24-10-9-16-5-1-2-6-17(16)14-24)25-19(21-8-4-12-28-21)13-18(23-25)20-7-3-11-27-20/h1-8,11-12,19H,9-10,13-15H2/p+1/t19-/m0/s1. The molecule has 6 heteroatoms. The van der Waals surface area contributed by atoms with Gasteiger partial charge in [-0.1, -0.05) is 30.3 Å². The van der Waals surface area contributed by atoms with E-state index in [0.29, 0.717) is 13.0 Å². The largest absolute Gasteiger partial charge is 0.463 e. The van der Waals surface area contributed by atoms with Crippen LogP contribution in [0.15, 0.2) is 69.7 Å². The minimum Gasteiger partial charge on any atom is -0.463 e. The SMILES string of the molecule is O=C(C[NH+]1CCc2ccccc2C1)N1N=C(c2ccco2)C[C@H]1c1cccs1. The highest BCUT2D eigenvalue weighted by molar-refractivity contribution is 7.10. The Labute approximate surface area is 167 Å². The Morgan fingerprint density at radius 3 is 2.86 bits per heavy atom. The summed E-state index contributed by atoms with van der Waals surface area (Å²) in [7, 11) is 0. The third kappa shape index (κ3) is 3.30. The van der Waals surface area contributed by atoms with Gasteiger partial charge in [0, 0.05) is 23.3 Å². The molecule has 2 aliphatic heterocycles. The second kappa shape index (κ2) is 7.37. The Morgan fingerprint density at radius 2 is 2.07 bits per heavy atom. The van der Waals surface area contributed by atoms with Crippen molar-refractivity contribution in [3.63, 3.8) is 0 Å². The highest BCUT2D eigenvalue weighted by atomic mass is 32.1. The van der Waals surface area contributed by atoms with Crippen LogP contribution in [0.1, 0.15) is 34.2 Å². The Morgan fingerprint density at radius 1 is 1.18 bits per heavy atom. The molecule has 1 N–H and O–H groups in total. The van der Waals surface area contributed by atoms with Crippen molar-refractivity contribution >= 4 is 23.0 Å². The minimum absolute atomic E-state index is 0.0379. The summed E-state index contributed by atoms with van der Waals surface area (Å²) in [6.07, 6.45) is 3.36. The van der Waals surface area contributed by atoms with E-state index in [9.17, 15) is 4.79 Å². The summed E-state index contributed by atoms with van der Waals surface area (Å²) < 4.78 is 5.53. The lowest BCUT2D eigenvalue weighted by Crippen LogP contribution is -3.12. The number of rotatable bonds is 4. The molecule has 0 fully saturated rings. The van der Waals surface area contributed by atoms with Gasteiger partial charge in [-0.3, -0.25) is 4.79 Å². The van der Waals surface area contributed by atoms with E-state index in [-0.39, 0.29) is 11.9 Å². The van der Waals surface area contributed by atoms with Gasteiger partial charge in [-0.05, 0) is 29.1 Å². The van der Waals surface area contributed by atoms with Gasteiger partial charge >= 0.3 is 0 Å². The number of nitrogens with zero attached hydrogens (tertiary/aromatic N) is 2. The molecule has 1 amide bonds. The first-order chi connectivity index (χ1) is 13.8. The van der Waals surface area contributed by atoms with Crippen LogP contribution in [0.3, 0.4) is 0 Å². The van der Waals surface area contributed by atoms with E-state index >= 15 is 0 Å². The molecule has 1 unspecified atom stereocenters. The zero-order valence-electron chi connectivity index (χ0n) is 15.5. The van der Waals surface area contributed by atoms with Gasteiger partial charge in [0.15, 0.2) is 6.54 Å². The Balaban J connectivity index is 1.36. The number of nitrogens with one attached hydrogen (secondary N) is 1. The number of furan rings is 1. The van der Waals surface area contributed by atoms with Crippen molar-refractivity contribution in [1.29, 1.82) is 0 Å². The zero-order chi connectivity index (χ0) is 18.9. The topological polar surface area (TPSA) is 50.2 Å². The average molecular weight is 393 g/mol. The van der Waals surface area contributed by atoms with Crippen molar-refractivity contribution in [1.82, 2.24) is 5.01 Å². The van der Waals surface area contributed by atoms with E-state index in [1.54, 1.807) is 22.6 Å². The summed E-state index contributed by atoms with van der Waals surface area (Å²) in [6.45, 7) is 2.34. The maximum atomic E-state index is 13.2. The van der Waals surface area contributed by atoms with Crippen LogP contribution >= 0.6 is 11.3 Å². The summed E-state index contributed by atoms with van der Waals surface area (Å²) >= 11 is 1.67. The first-order valence-electron chi connectivity index (χ1n) is 9.65. The molecule has 28 heavy (non-hydrogen) atoms. The van der Waals surface area contributed by atoms with E-state index in [1.807, 2.05) is 18.2 Å². The van der Waals surface area contributed by atoms with E-state index in [1.165, 1.54) is 16.0 Å². The van der Waals surface area contributed by atoms with Crippen molar-refractivity contribution in [2.75, 3.05) is 13.1 Å². The molecule has 0 saturated heterocycles. The van der Waals surface area contributed by atoms with Crippen molar-refractivity contribution in [3.8, 4) is 0 Å². The van der Waals surface area contributed by atoms with Gasteiger partial charge in [-0.15, -0.1) is 11.3 Å². The molecule has 2 atom stereocenters. The van der Waals surface area contributed by atoms with Crippen molar-refractivity contribution in [3.05, 3.63) is 81.9 Å². The van der Waals surface area contributed by atoms with Crippen molar-refractivity contribution in [2.24, 2.45) is 5.10 Å². The van der Waals surface area contributed by atoms with Gasteiger partial charge in [0.1, 0.15) is 18.0 Å². The van der Waals surface area contributed by atoms with Crippen LogP contribution in [0.4, 0.5) is 0 Å². The maximum absolute atomic E-state index is 13.2. The lowest BCUT2D eigenvalue weighted by molar-refractivity contribution is -0.908. The number of carbonyl (C=O) groups is 1. The molecule has 0 bridgehead atoms. The first kappa shape index (κ1) is 17.4.